The number of hydrogen-bond acceptors (Lipinski definition) is 5. The minimum Gasteiger partial charge on any atom is -0.443 e. The molecule has 0 spiro atoms. The highest BCUT2D eigenvalue weighted by atomic mass is 79.9. The van der Waals surface area contributed by atoms with Crippen molar-refractivity contribution in [2.24, 2.45) is 0 Å². The Morgan fingerprint density at radius 2 is 1.57 bits per heavy atom. The first-order chi connectivity index (χ1) is 10.4. The molecule has 0 N–H and O–H groups in total. The van der Waals surface area contributed by atoms with Crippen molar-refractivity contribution in [3.63, 3.8) is 0 Å². The summed E-state index contributed by atoms with van der Waals surface area (Å²) in [4.78, 5) is 29.7. The van der Waals surface area contributed by atoms with Gasteiger partial charge in [-0.05, 0) is 69.1 Å². The van der Waals surface area contributed by atoms with E-state index in [9.17, 15) is 9.59 Å². The van der Waals surface area contributed by atoms with E-state index in [1.807, 2.05) is 0 Å². The Morgan fingerprint density at radius 1 is 1.09 bits per heavy atom. The summed E-state index contributed by atoms with van der Waals surface area (Å²) in [5, 5.41) is 0. The van der Waals surface area contributed by atoms with Crippen LogP contribution in [0, 0.1) is 0 Å². The molecule has 1 aromatic rings. The van der Waals surface area contributed by atoms with Crippen molar-refractivity contribution in [3.05, 3.63) is 28.5 Å². The molecule has 0 aliphatic heterocycles. The zero-order chi connectivity index (χ0) is 17.8. The average Bonchev–Trinajstić information content (AvgIpc) is 2.33. The fourth-order valence-electron chi connectivity index (χ4n) is 1.54. The first-order valence-electron chi connectivity index (χ1n) is 7.21. The minimum absolute atomic E-state index is 0.0208. The predicted molar refractivity (Wildman–Crippen MR) is 89.9 cm³/mol. The molecule has 0 bridgehead atoms. The van der Waals surface area contributed by atoms with Gasteiger partial charge in [0.25, 0.3) is 0 Å². The van der Waals surface area contributed by atoms with Crippen molar-refractivity contribution in [1.29, 1.82) is 0 Å². The molecule has 0 saturated carbocycles. The minimum atomic E-state index is -0.754. The van der Waals surface area contributed by atoms with Gasteiger partial charge in [-0.3, -0.25) is 4.98 Å². The number of ether oxygens (including phenoxy) is 2. The number of amides is 2. The Hall–Kier alpha value is -1.63. The summed E-state index contributed by atoms with van der Waals surface area (Å²) in [6.45, 7) is 10.4. The van der Waals surface area contributed by atoms with Gasteiger partial charge in [-0.2, -0.15) is 0 Å². The number of pyridine rings is 1. The van der Waals surface area contributed by atoms with Gasteiger partial charge in [0, 0.05) is 16.9 Å². The maximum atomic E-state index is 12.4. The van der Waals surface area contributed by atoms with Gasteiger partial charge in [-0.1, -0.05) is 0 Å². The van der Waals surface area contributed by atoms with Crippen molar-refractivity contribution in [2.45, 2.75) is 59.3 Å². The van der Waals surface area contributed by atoms with Crippen molar-refractivity contribution in [1.82, 2.24) is 9.88 Å². The number of aromatic nitrogens is 1. The normalized spacial score (nSPS) is 11.8. The second-order valence-corrected chi connectivity index (χ2v) is 7.87. The molecule has 6 nitrogen and oxygen atoms in total. The Balaban J connectivity index is 3.03. The quantitative estimate of drug-likeness (QED) is 0.747. The van der Waals surface area contributed by atoms with Crippen molar-refractivity contribution in [2.75, 3.05) is 0 Å². The van der Waals surface area contributed by atoms with Crippen molar-refractivity contribution >= 4 is 28.1 Å². The van der Waals surface area contributed by atoms with Crippen LogP contribution in [-0.4, -0.2) is 33.3 Å². The average molecular weight is 387 g/mol. The highest BCUT2D eigenvalue weighted by Crippen LogP contribution is 2.20. The molecule has 0 fully saturated rings. The lowest BCUT2D eigenvalue weighted by Crippen LogP contribution is -2.43. The third-order valence-corrected chi connectivity index (χ3v) is 3.13. The van der Waals surface area contributed by atoms with Gasteiger partial charge in [-0.25, -0.2) is 14.5 Å². The second-order valence-electron chi connectivity index (χ2n) is 7.01. The summed E-state index contributed by atoms with van der Waals surface area (Å²) in [6.07, 6.45) is 1.67. The summed E-state index contributed by atoms with van der Waals surface area (Å²) in [5.74, 6) is 0. The van der Waals surface area contributed by atoms with Crippen LogP contribution in [0.15, 0.2) is 22.9 Å². The summed E-state index contributed by atoms with van der Waals surface area (Å²) in [5.41, 5.74) is -0.712. The number of carbonyl (C=O) groups excluding carboxylic acids is 2. The Kier molecular flexibility index (Phi) is 6.16. The molecule has 7 heteroatoms. The SMILES string of the molecule is CC(C)(C)OC(=O)N(Cc1ccncc1Br)C(=O)OC(C)(C)C. The first kappa shape index (κ1) is 19.4. The largest absolute Gasteiger partial charge is 0.443 e. The third-order valence-electron chi connectivity index (χ3n) is 2.41. The summed E-state index contributed by atoms with van der Waals surface area (Å²) < 4.78 is 11.3. The van der Waals surface area contributed by atoms with Gasteiger partial charge in [-0.15, -0.1) is 0 Å². The van der Waals surface area contributed by atoms with Crippen LogP contribution in [0.1, 0.15) is 47.1 Å². The molecule has 0 aliphatic rings. The van der Waals surface area contributed by atoms with Crippen molar-refractivity contribution in [3.8, 4) is 0 Å². The number of rotatable bonds is 2. The monoisotopic (exact) mass is 386 g/mol. The molecule has 0 aromatic carbocycles. The maximum Gasteiger partial charge on any atom is 0.420 e. The lowest BCUT2D eigenvalue weighted by Gasteiger charge is -2.28. The van der Waals surface area contributed by atoms with Gasteiger partial charge >= 0.3 is 12.2 Å². The van der Waals surface area contributed by atoms with Crippen LogP contribution in [0.2, 0.25) is 0 Å². The zero-order valence-electron chi connectivity index (χ0n) is 14.3. The number of halogens is 1. The zero-order valence-corrected chi connectivity index (χ0v) is 15.9. The number of carbonyl (C=O) groups is 2. The molecular weight excluding hydrogens is 364 g/mol. The van der Waals surface area contributed by atoms with Crippen LogP contribution < -0.4 is 0 Å². The summed E-state index contributed by atoms with van der Waals surface area (Å²) in [6, 6.07) is 1.71. The smallest absolute Gasteiger partial charge is 0.420 e. The van der Waals surface area contributed by atoms with E-state index in [1.54, 1.807) is 60.0 Å². The van der Waals surface area contributed by atoms with E-state index in [4.69, 9.17) is 9.47 Å². The van der Waals surface area contributed by atoms with Crippen LogP contribution in [-0.2, 0) is 16.0 Å². The van der Waals surface area contributed by atoms with E-state index >= 15 is 0 Å². The van der Waals surface area contributed by atoms with E-state index in [0.717, 1.165) is 10.5 Å². The third kappa shape index (κ3) is 6.99. The number of imide groups is 1. The highest BCUT2D eigenvalue weighted by molar-refractivity contribution is 9.10. The molecule has 0 aliphatic carbocycles. The van der Waals surface area contributed by atoms with Gasteiger partial charge < -0.3 is 9.47 Å². The molecule has 1 rings (SSSR count). The summed E-state index contributed by atoms with van der Waals surface area (Å²) >= 11 is 3.35. The molecule has 1 heterocycles. The molecule has 128 valence electrons. The van der Waals surface area contributed by atoms with Gasteiger partial charge in [0.15, 0.2) is 0 Å². The van der Waals surface area contributed by atoms with Gasteiger partial charge in [0.1, 0.15) is 11.2 Å². The highest BCUT2D eigenvalue weighted by Gasteiger charge is 2.31. The summed E-state index contributed by atoms with van der Waals surface area (Å²) in [7, 11) is 0. The fourth-order valence-corrected chi connectivity index (χ4v) is 1.92. The van der Waals surface area contributed by atoms with E-state index < -0.39 is 23.4 Å². The van der Waals surface area contributed by atoms with E-state index in [-0.39, 0.29) is 6.54 Å². The fraction of sp³-hybridized carbons (Fsp3) is 0.562. The Bertz CT molecular complexity index is 548. The number of nitrogens with zero attached hydrogens (tertiary/aromatic N) is 2. The lowest BCUT2D eigenvalue weighted by atomic mass is 10.2. The first-order valence-corrected chi connectivity index (χ1v) is 8.00. The molecule has 0 saturated heterocycles. The van der Waals surface area contributed by atoms with Gasteiger partial charge in [0.2, 0.25) is 0 Å². The lowest BCUT2D eigenvalue weighted by molar-refractivity contribution is -0.000283. The standard InChI is InChI=1S/C16H23BrN2O4/c1-15(2,3)22-13(20)19(14(21)23-16(4,5)6)10-11-7-8-18-9-12(11)17/h7-9H,10H2,1-6H3. The van der Waals surface area contributed by atoms with Crippen LogP contribution in [0.5, 0.6) is 0 Å². The molecule has 0 unspecified atom stereocenters. The van der Waals surface area contributed by atoms with Crippen LogP contribution >= 0.6 is 15.9 Å². The molecule has 2 amide bonds. The van der Waals surface area contributed by atoms with E-state index in [2.05, 4.69) is 20.9 Å². The van der Waals surface area contributed by atoms with Crippen LogP contribution in [0.25, 0.3) is 0 Å². The van der Waals surface area contributed by atoms with Crippen molar-refractivity contribution < 1.29 is 19.1 Å². The number of hydrogen-bond donors (Lipinski definition) is 0. The Morgan fingerprint density at radius 3 is 1.96 bits per heavy atom. The van der Waals surface area contributed by atoms with Crippen LogP contribution in [0.3, 0.4) is 0 Å². The predicted octanol–water partition coefficient (Wildman–Crippen LogP) is 4.52. The second kappa shape index (κ2) is 7.29. The molecule has 1 aromatic heterocycles. The van der Waals surface area contributed by atoms with Gasteiger partial charge in [0.05, 0.1) is 6.54 Å². The maximum absolute atomic E-state index is 12.4. The molecule has 23 heavy (non-hydrogen) atoms. The van der Waals surface area contributed by atoms with E-state index in [0.29, 0.717) is 4.47 Å². The molecular formula is C16H23BrN2O4. The topological polar surface area (TPSA) is 68.7 Å². The molecule has 0 atom stereocenters. The Labute approximate surface area is 145 Å². The van der Waals surface area contributed by atoms with E-state index in [1.165, 1.54) is 0 Å². The molecule has 0 radical (unpaired) electrons. The van der Waals surface area contributed by atoms with Crippen LogP contribution in [0.4, 0.5) is 9.59 Å².